The fourth-order valence-corrected chi connectivity index (χ4v) is 3.43. The zero-order valence-electron chi connectivity index (χ0n) is 8.68. The summed E-state index contributed by atoms with van der Waals surface area (Å²) in [5.74, 6) is 0.551. The number of nitrogens with one attached hydrogen (secondary N) is 1. The van der Waals surface area contributed by atoms with E-state index in [2.05, 4.69) is 12.2 Å². The second kappa shape index (κ2) is 4.32. The van der Waals surface area contributed by atoms with Crippen LogP contribution in [0.25, 0.3) is 0 Å². The van der Waals surface area contributed by atoms with Gasteiger partial charge in [-0.1, -0.05) is 18.5 Å². The highest BCUT2D eigenvalue weighted by atomic mass is 35.5. The molecule has 0 aromatic heterocycles. The van der Waals surface area contributed by atoms with Gasteiger partial charge in [0.25, 0.3) is 0 Å². The molecule has 82 valence electrons. The molecule has 0 saturated carbocycles. The third-order valence-corrected chi connectivity index (χ3v) is 4.27. The van der Waals surface area contributed by atoms with Gasteiger partial charge < -0.3 is 5.32 Å². The van der Waals surface area contributed by atoms with Gasteiger partial charge in [0.15, 0.2) is 0 Å². The van der Waals surface area contributed by atoms with Crippen molar-refractivity contribution in [3.63, 3.8) is 0 Å². The molecule has 1 heterocycles. The Bertz CT molecular complexity index is 383. The number of benzene rings is 1. The van der Waals surface area contributed by atoms with Crippen LogP contribution in [0.3, 0.4) is 0 Å². The lowest BCUT2D eigenvalue weighted by molar-refractivity contribution is 0.558. The van der Waals surface area contributed by atoms with Gasteiger partial charge in [-0.15, -0.1) is 0 Å². The summed E-state index contributed by atoms with van der Waals surface area (Å²) in [6, 6.07) is 3.45. The lowest BCUT2D eigenvalue weighted by Crippen LogP contribution is -2.29. The summed E-state index contributed by atoms with van der Waals surface area (Å²) in [6.45, 7) is 2.15. The molecule has 1 N–H and O–H groups in total. The Morgan fingerprint density at radius 1 is 1.53 bits per heavy atom. The molecule has 0 spiro atoms. The van der Waals surface area contributed by atoms with Crippen molar-refractivity contribution in [3.8, 4) is 0 Å². The van der Waals surface area contributed by atoms with Crippen molar-refractivity contribution in [2.45, 2.75) is 24.0 Å². The van der Waals surface area contributed by atoms with Gasteiger partial charge in [-0.3, -0.25) is 0 Å². The van der Waals surface area contributed by atoms with Crippen molar-refractivity contribution in [3.05, 3.63) is 34.1 Å². The third kappa shape index (κ3) is 2.01. The van der Waals surface area contributed by atoms with Crippen LogP contribution in [0, 0.1) is 5.82 Å². The highest BCUT2D eigenvalue weighted by Crippen LogP contribution is 2.39. The van der Waals surface area contributed by atoms with Gasteiger partial charge in [0.05, 0.1) is 0 Å². The summed E-state index contributed by atoms with van der Waals surface area (Å²) < 4.78 is 13.6. The summed E-state index contributed by atoms with van der Waals surface area (Å²) in [6.07, 6.45) is 0. The topological polar surface area (TPSA) is 12.0 Å². The molecule has 2 rings (SSSR count). The normalized spacial score (nSPS) is 25.1. The fourth-order valence-electron chi connectivity index (χ4n) is 2.01. The highest BCUT2D eigenvalue weighted by Gasteiger charge is 2.28. The van der Waals surface area contributed by atoms with E-state index < -0.39 is 0 Å². The largest absolute Gasteiger partial charge is 0.312 e. The zero-order valence-corrected chi connectivity index (χ0v) is 10.3. The lowest BCUT2D eigenvalue weighted by Gasteiger charge is -2.31. The van der Waals surface area contributed by atoms with Crippen LogP contribution in [0.15, 0.2) is 12.1 Å². The summed E-state index contributed by atoms with van der Waals surface area (Å²) in [7, 11) is 1.90. The van der Waals surface area contributed by atoms with E-state index >= 15 is 0 Å². The summed E-state index contributed by atoms with van der Waals surface area (Å²) in [4.78, 5) is 0. The number of hydrogen-bond donors (Lipinski definition) is 1. The fraction of sp³-hybridized carbons (Fsp3) is 0.455. The van der Waals surface area contributed by atoms with Crippen LogP contribution in [0.1, 0.15) is 24.1 Å². The van der Waals surface area contributed by atoms with E-state index in [-0.39, 0.29) is 11.9 Å². The molecule has 1 aliphatic rings. The standard InChI is InChI=1S/C11H13ClFNS/c1-6-11(14-2)8-3-7(12)4-10(13)9(8)5-15-6/h3-4,6,11,14H,5H2,1-2H3. The molecular formula is C11H13ClFNS. The molecule has 1 aromatic rings. The van der Waals surface area contributed by atoms with E-state index in [1.807, 2.05) is 13.1 Å². The summed E-state index contributed by atoms with van der Waals surface area (Å²) in [5, 5.41) is 4.14. The maximum absolute atomic E-state index is 13.6. The van der Waals surface area contributed by atoms with Crippen molar-refractivity contribution in [1.82, 2.24) is 5.32 Å². The van der Waals surface area contributed by atoms with Crippen LogP contribution in [0.4, 0.5) is 4.39 Å². The number of hydrogen-bond acceptors (Lipinski definition) is 2. The van der Waals surface area contributed by atoms with Crippen molar-refractivity contribution in [1.29, 1.82) is 0 Å². The Balaban J connectivity index is 2.52. The molecule has 0 radical (unpaired) electrons. The molecule has 2 unspecified atom stereocenters. The zero-order chi connectivity index (χ0) is 11.0. The Hall–Kier alpha value is -0.250. The highest BCUT2D eigenvalue weighted by molar-refractivity contribution is 7.99. The minimum atomic E-state index is -0.183. The SMILES string of the molecule is CNC1c2cc(Cl)cc(F)c2CSC1C. The number of thioether (sulfide) groups is 1. The van der Waals surface area contributed by atoms with E-state index in [4.69, 9.17) is 11.6 Å². The number of halogens is 2. The smallest absolute Gasteiger partial charge is 0.129 e. The van der Waals surface area contributed by atoms with Gasteiger partial charge in [-0.2, -0.15) is 11.8 Å². The Kier molecular flexibility index (Phi) is 3.24. The van der Waals surface area contributed by atoms with Gasteiger partial charge in [0.1, 0.15) is 5.82 Å². The first kappa shape index (κ1) is 11.2. The van der Waals surface area contributed by atoms with E-state index in [0.29, 0.717) is 10.3 Å². The molecule has 1 nitrogen and oxygen atoms in total. The van der Waals surface area contributed by atoms with Crippen molar-refractivity contribution in [2.24, 2.45) is 0 Å². The van der Waals surface area contributed by atoms with Crippen molar-refractivity contribution >= 4 is 23.4 Å². The monoisotopic (exact) mass is 245 g/mol. The minimum absolute atomic E-state index is 0.183. The molecule has 0 saturated heterocycles. The van der Waals surface area contributed by atoms with Gasteiger partial charge in [-0.25, -0.2) is 4.39 Å². The summed E-state index contributed by atoms with van der Waals surface area (Å²) >= 11 is 7.65. The van der Waals surface area contributed by atoms with Crippen LogP contribution < -0.4 is 5.32 Å². The molecule has 0 fully saturated rings. The van der Waals surface area contributed by atoms with E-state index in [0.717, 1.165) is 16.9 Å². The first-order valence-electron chi connectivity index (χ1n) is 4.90. The van der Waals surface area contributed by atoms with Crippen LogP contribution in [0.2, 0.25) is 5.02 Å². The Morgan fingerprint density at radius 3 is 2.93 bits per heavy atom. The average Bonchev–Trinajstić information content (AvgIpc) is 2.17. The maximum atomic E-state index is 13.6. The van der Waals surface area contributed by atoms with Gasteiger partial charge in [-0.05, 0) is 24.7 Å². The van der Waals surface area contributed by atoms with Gasteiger partial charge in [0, 0.05) is 27.6 Å². The minimum Gasteiger partial charge on any atom is -0.312 e. The molecule has 15 heavy (non-hydrogen) atoms. The number of fused-ring (bicyclic) bond motifs is 1. The molecule has 1 aliphatic heterocycles. The first-order valence-corrected chi connectivity index (χ1v) is 6.33. The molecular weight excluding hydrogens is 233 g/mol. The quantitative estimate of drug-likeness (QED) is 0.814. The Labute approximate surface area is 98.4 Å². The van der Waals surface area contributed by atoms with Crippen molar-refractivity contribution in [2.75, 3.05) is 7.05 Å². The first-order chi connectivity index (χ1) is 7.13. The second-order valence-corrected chi connectivity index (χ2v) is 5.54. The average molecular weight is 246 g/mol. The summed E-state index contributed by atoms with van der Waals surface area (Å²) in [5.41, 5.74) is 1.80. The molecule has 2 atom stereocenters. The predicted octanol–water partition coefficient (Wildman–Crippen LogP) is 3.37. The molecule has 0 amide bonds. The van der Waals surface area contributed by atoms with Crippen LogP contribution in [-0.4, -0.2) is 12.3 Å². The van der Waals surface area contributed by atoms with E-state index in [9.17, 15) is 4.39 Å². The molecule has 1 aromatic carbocycles. The second-order valence-electron chi connectivity index (χ2n) is 3.74. The predicted molar refractivity (Wildman–Crippen MR) is 64.0 cm³/mol. The van der Waals surface area contributed by atoms with E-state index in [1.54, 1.807) is 11.8 Å². The van der Waals surface area contributed by atoms with Crippen molar-refractivity contribution < 1.29 is 4.39 Å². The van der Waals surface area contributed by atoms with Crippen LogP contribution in [-0.2, 0) is 5.75 Å². The number of rotatable bonds is 1. The lowest BCUT2D eigenvalue weighted by atomic mass is 9.98. The van der Waals surface area contributed by atoms with Crippen LogP contribution in [0.5, 0.6) is 0 Å². The maximum Gasteiger partial charge on any atom is 0.129 e. The molecule has 0 bridgehead atoms. The van der Waals surface area contributed by atoms with Gasteiger partial charge in [0.2, 0.25) is 0 Å². The molecule has 4 heteroatoms. The third-order valence-electron chi connectivity index (χ3n) is 2.80. The van der Waals surface area contributed by atoms with Crippen LogP contribution >= 0.6 is 23.4 Å². The molecule has 0 aliphatic carbocycles. The Morgan fingerprint density at radius 2 is 2.27 bits per heavy atom. The van der Waals surface area contributed by atoms with Gasteiger partial charge >= 0.3 is 0 Å². The van der Waals surface area contributed by atoms with E-state index in [1.165, 1.54) is 6.07 Å².